The number of nitrogens with zero attached hydrogens (tertiary/aromatic N) is 3. The van der Waals surface area contributed by atoms with Crippen LogP contribution in [0.2, 0.25) is 0 Å². The SMILES string of the molecule is COc1ccccc1CN(Cc1nc2ccccc2n1C)C1CC1. The minimum Gasteiger partial charge on any atom is -0.496 e. The number of rotatable bonds is 6. The number of fused-ring (bicyclic) bond motifs is 1. The molecule has 2 aromatic carbocycles. The Bertz CT molecular complexity index is 851. The Balaban J connectivity index is 1.60. The molecule has 4 rings (SSSR count). The fourth-order valence-electron chi connectivity index (χ4n) is 3.32. The molecule has 1 fully saturated rings. The Hall–Kier alpha value is -2.33. The predicted octanol–water partition coefficient (Wildman–Crippen LogP) is 3.75. The molecule has 4 nitrogen and oxygen atoms in total. The van der Waals surface area contributed by atoms with E-state index in [2.05, 4.69) is 46.8 Å². The summed E-state index contributed by atoms with van der Waals surface area (Å²) in [7, 11) is 3.85. The third-order valence-electron chi connectivity index (χ3n) is 4.85. The molecule has 4 heteroatoms. The van der Waals surface area contributed by atoms with Crippen molar-refractivity contribution in [2.75, 3.05) is 7.11 Å². The van der Waals surface area contributed by atoms with Gasteiger partial charge < -0.3 is 9.30 Å². The normalized spacial score (nSPS) is 14.5. The maximum absolute atomic E-state index is 5.52. The molecule has 0 saturated heterocycles. The van der Waals surface area contributed by atoms with Crippen molar-refractivity contribution in [3.63, 3.8) is 0 Å². The van der Waals surface area contributed by atoms with Crippen molar-refractivity contribution in [2.45, 2.75) is 32.0 Å². The molecular weight excluding hydrogens is 298 g/mol. The molecule has 0 bridgehead atoms. The minimum atomic E-state index is 0.662. The number of aromatic nitrogens is 2. The summed E-state index contributed by atoms with van der Waals surface area (Å²) in [6.07, 6.45) is 2.55. The maximum atomic E-state index is 5.52. The molecule has 0 amide bonds. The van der Waals surface area contributed by atoms with E-state index < -0.39 is 0 Å². The highest BCUT2D eigenvalue weighted by Crippen LogP contribution is 2.31. The van der Waals surface area contributed by atoms with Gasteiger partial charge in [0.05, 0.1) is 24.7 Å². The Morgan fingerprint density at radius 1 is 1.08 bits per heavy atom. The fraction of sp³-hybridized carbons (Fsp3) is 0.350. The molecule has 0 spiro atoms. The minimum absolute atomic E-state index is 0.662. The van der Waals surface area contributed by atoms with Crippen LogP contribution in [-0.2, 0) is 20.1 Å². The number of methoxy groups -OCH3 is 1. The molecule has 0 atom stereocenters. The quantitative estimate of drug-likeness (QED) is 0.693. The number of para-hydroxylation sites is 3. The van der Waals surface area contributed by atoms with E-state index in [1.807, 2.05) is 18.2 Å². The first-order valence-corrected chi connectivity index (χ1v) is 8.52. The van der Waals surface area contributed by atoms with E-state index in [9.17, 15) is 0 Å². The first-order chi connectivity index (χ1) is 11.8. The van der Waals surface area contributed by atoms with Crippen molar-refractivity contribution >= 4 is 11.0 Å². The van der Waals surface area contributed by atoms with Gasteiger partial charge in [0, 0.05) is 25.2 Å². The van der Waals surface area contributed by atoms with Gasteiger partial charge in [0.1, 0.15) is 11.6 Å². The van der Waals surface area contributed by atoms with Gasteiger partial charge in [0.25, 0.3) is 0 Å². The third-order valence-corrected chi connectivity index (χ3v) is 4.85. The van der Waals surface area contributed by atoms with E-state index in [4.69, 9.17) is 9.72 Å². The molecule has 0 N–H and O–H groups in total. The molecule has 1 aromatic heterocycles. The van der Waals surface area contributed by atoms with Gasteiger partial charge in [-0.15, -0.1) is 0 Å². The zero-order valence-electron chi connectivity index (χ0n) is 14.3. The summed E-state index contributed by atoms with van der Waals surface area (Å²) >= 11 is 0. The molecule has 3 aromatic rings. The van der Waals surface area contributed by atoms with Crippen LogP contribution in [-0.4, -0.2) is 27.6 Å². The van der Waals surface area contributed by atoms with Gasteiger partial charge in [0.2, 0.25) is 0 Å². The van der Waals surface area contributed by atoms with E-state index in [1.54, 1.807) is 7.11 Å². The summed E-state index contributed by atoms with van der Waals surface area (Å²) < 4.78 is 7.74. The number of imidazole rings is 1. The number of hydrogen-bond acceptors (Lipinski definition) is 3. The van der Waals surface area contributed by atoms with Gasteiger partial charge in [-0.05, 0) is 31.0 Å². The first-order valence-electron chi connectivity index (χ1n) is 8.52. The highest BCUT2D eigenvalue weighted by molar-refractivity contribution is 5.75. The van der Waals surface area contributed by atoms with Crippen LogP contribution < -0.4 is 4.74 Å². The van der Waals surface area contributed by atoms with E-state index in [-0.39, 0.29) is 0 Å². The Morgan fingerprint density at radius 2 is 1.83 bits per heavy atom. The van der Waals surface area contributed by atoms with Crippen LogP contribution in [0.1, 0.15) is 24.2 Å². The maximum Gasteiger partial charge on any atom is 0.123 e. The predicted molar refractivity (Wildman–Crippen MR) is 96.0 cm³/mol. The summed E-state index contributed by atoms with van der Waals surface area (Å²) in [6, 6.07) is 17.3. The van der Waals surface area contributed by atoms with E-state index in [0.29, 0.717) is 6.04 Å². The van der Waals surface area contributed by atoms with Gasteiger partial charge in [-0.1, -0.05) is 30.3 Å². The topological polar surface area (TPSA) is 30.3 Å². The van der Waals surface area contributed by atoms with Crippen molar-refractivity contribution in [1.29, 1.82) is 0 Å². The summed E-state index contributed by atoms with van der Waals surface area (Å²) in [4.78, 5) is 7.36. The second-order valence-electron chi connectivity index (χ2n) is 6.52. The van der Waals surface area contributed by atoms with Crippen LogP contribution in [0.3, 0.4) is 0 Å². The monoisotopic (exact) mass is 321 g/mol. The molecule has 24 heavy (non-hydrogen) atoms. The molecule has 124 valence electrons. The second-order valence-corrected chi connectivity index (χ2v) is 6.52. The first kappa shape index (κ1) is 15.2. The third kappa shape index (κ3) is 2.89. The number of ether oxygens (including phenoxy) is 1. The molecule has 0 unspecified atom stereocenters. The van der Waals surface area contributed by atoms with Gasteiger partial charge in [-0.3, -0.25) is 4.90 Å². The summed E-state index contributed by atoms with van der Waals surface area (Å²) in [5.41, 5.74) is 3.51. The highest BCUT2D eigenvalue weighted by atomic mass is 16.5. The van der Waals surface area contributed by atoms with Gasteiger partial charge in [0.15, 0.2) is 0 Å². The van der Waals surface area contributed by atoms with Crippen LogP contribution in [0.4, 0.5) is 0 Å². The van der Waals surface area contributed by atoms with Crippen LogP contribution >= 0.6 is 0 Å². The molecular formula is C20H23N3O. The van der Waals surface area contributed by atoms with Crippen molar-refractivity contribution in [2.24, 2.45) is 7.05 Å². The average Bonchev–Trinajstić information content (AvgIpc) is 3.41. The summed E-state index contributed by atoms with van der Waals surface area (Å²) in [6.45, 7) is 1.77. The molecule has 1 heterocycles. The zero-order valence-corrected chi connectivity index (χ0v) is 14.3. The van der Waals surface area contributed by atoms with Gasteiger partial charge >= 0.3 is 0 Å². The largest absolute Gasteiger partial charge is 0.496 e. The van der Waals surface area contributed by atoms with Crippen molar-refractivity contribution in [3.05, 3.63) is 59.9 Å². The van der Waals surface area contributed by atoms with Crippen LogP contribution in [0.15, 0.2) is 48.5 Å². The lowest BCUT2D eigenvalue weighted by Gasteiger charge is -2.22. The molecule has 0 aliphatic heterocycles. The van der Waals surface area contributed by atoms with Crippen LogP contribution in [0, 0.1) is 0 Å². The lowest BCUT2D eigenvalue weighted by atomic mass is 10.2. The lowest BCUT2D eigenvalue weighted by molar-refractivity contribution is 0.234. The lowest BCUT2D eigenvalue weighted by Crippen LogP contribution is -2.26. The highest BCUT2D eigenvalue weighted by Gasteiger charge is 2.30. The second kappa shape index (κ2) is 6.29. The summed E-state index contributed by atoms with van der Waals surface area (Å²) in [5.74, 6) is 2.09. The van der Waals surface area contributed by atoms with E-state index in [0.717, 1.165) is 30.2 Å². The van der Waals surface area contributed by atoms with E-state index in [1.165, 1.54) is 23.9 Å². The van der Waals surface area contributed by atoms with Crippen LogP contribution in [0.5, 0.6) is 5.75 Å². The van der Waals surface area contributed by atoms with Crippen LogP contribution in [0.25, 0.3) is 11.0 Å². The zero-order chi connectivity index (χ0) is 16.5. The number of hydrogen-bond donors (Lipinski definition) is 0. The standard InChI is InChI=1S/C20H23N3O/c1-22-18-9-5-4-8-17(18)21-20(22)14-23(16-11-12-16)13-15-7-3-6-10-19(15)24-2/h3-10,16H,11-14H2,1-2H3. The number of benzene rings is 2. The van der Waals surface area contributed by atoms with E-state index >= 15 is 0 Å². The average molecular weight is 321 g/mol. The molecule has 1 aliphatic rings. The summed E-state index contributed by atoms with van der Waals surface area (Å²) in [5, 5.41) is 0. The fourth-order valence-corrected chi connectivity index (χ4v) is 3.32. The van der Waals surface area contributed by atoms with Gasteiger partial charge in [-0.25, -0.2) is 4.98 Å². The smallest absolute Gasteiger partial charge is 0.123 e. The van der Waals surface area contributed by atoms with Crippen molar-refractivity contribution < 1.29 is 4.74 Å². The molecule has 0 radical (unpaired) electrons. The van der Waals surface area contributed by atoms with Crippen molar-refractivity contribution in [1.82, 2.24) is 14.5 Å². The Kier molecular flexibility index (Phi) is 3.98. The molecule has 1 aliphatic carbocycles. The van der Waals surface area contributed by atoms with Gasteiger partial charge in [-0.2, -0.15) is 0 Å². The Morgan fingerprint density at radius 3 is 2.58 bits per heavy atom. The molecule has 1 saturated carbocycles. The number of aryl methyl sites for hydroxylation is 1. The Labute approximate surface area is 142 Å². The van der Waals surface area contributed by atoms with Crippen molar-refractivity contribution in [3.8, 4) is 5.75 Å².